The number of aliphatic carboxylic acids is 1. The second-order valence-electron chi connectivity index (χ2n) is 10.6. The highest BCUT2D eigenvalue weighted by Gasteiger charge is 2.42. The molecule has 2 aliphatic heterocycles. The number of benzene rings is 1. The molecule has 2 aromatic rings. The topological polar surface area (TPSA) is 121 Å². The van der Waals surface area contributed by atoms with Crippen LogP contribution >= 0.6 is 0 Å². The molecule has 0 radical (unpaired) electrons. The van der Waals surface area contributed by atoms with Gasteiger partial charge in [-0.15, -0.1) is 10.2 Å². The molecule has 1 aromatic carbocycles. The number of carbonyl (C=O) groups is 3. The van der Waals surface area contributed by atoms with Gasteiger partial charge < -0.3 is 24.8 Å². The number of hydrogen-bond acceptors (Lipinski definition) is 6. The van der Waals surface area contributed by atoms with Crippen molar-refractivity contribution in [3.8, 4) is 0 Å². The van der Waals surface area contributed by atoms with E-state index in [0.717, 1.165) is 67.8 Å². The summed E-state index contributed by atoms with van der Waals surface area (Å²) in [4.78, 5) is 38.7. The number of aryl methyl sites for hydroxylation is 3. The van der Waals surface area contributed by atoms with Crippen molar-refractivity contribution in [2.75, 3.05) is 40.3 Å². The third-order valence-electron chi connectivity index (χ3n) is 7.06. The lowest BCUT2D eigenvalue weighted by atomic mass is 9.80. The van der Waals surface area contributed by atoms with Gasteiger partial charge in [-0.3, -0.25) is 9.59 Å². The minimum Gasteiger partial charge on any atom is -0.475 e. The highest BCUT2D eigenvalue weighted by atomic mass is 19.4. The highest BCUT2D eigenvalue weighted by Crippen LogP contribution is 2.41. The summed E-state index contributed by atoms with van der Waals surface area (Å²) in [6.45, 7) is 7.68. The molecule has 2 N–H and O–H groups in total. The number of amides is 2. The maximum Gasteiger partial charge on any atom is 0.490 e. The molecular weight excluding hydrogens is 517 g/mol. The second-order valence-corrected chi connectivity index (χ2v) is 10.6. The molecule has 10 nitrogen and oxygen atoms in total. The van der Waals surface area contributed by atoms with Crippen LogP contribution in [0.15, 0.2) is 18.2 Å². The van der Waals surface area contributed by atoms with Gasteiger partial charge in [-0.25, -0.2) is 4.79 Å². The fourth-order valence-electron chi connectivity index (χ4n) is 5.04. The lowest BCUT2D eigenvalue weighted by Gasteiger charge is -2.27. The summed E-state index contributed by atoms with van der Waals surface area (Å²) in [5.41, 5.74) is 3.09. The Hall–Kier alpha value is -3.48. The number of nitrogens with one attached hydrogen (secondary N) is 1. The van der Waals surface area contributed by atoms with Crippen molar-refractivity contribution < 1.29 is 32.7 Å². The van der Waals surface area contributed by atoms with Gasteiger partial charge in [0.05, 0.1) is 0 Å². The molecular formula is C26H35F3N6O4. The first-order valence-corrected chi connectivity index (χ1v) is 12.7. The molecule has 0 bridgehead atoms. The first-order chi connectivity index (χ1) is 18.2. The van der Waals surface area contributed by atoms with Crippen molar-refractivity contribution in [1.82, 2.24) is 29.9 Å². The van der Waals surface area contributed by atoms with E-state index in [2.05, 4.69) is 21.6 Å². The van der Waals surface area contributed by atoms with E-state index in [4.69, 9.17) is 9.90 Å². The molecule has 2 aliphatic rings. The molecule has 2 amide bonds. The fourth-order valence-corrected chi connectivity index (χ4v) is 5.04. The van der Waals surface area contributed by atoms with Crippen molar-refractivity contribution >= 4 is 17.8 Å². The molecule has 0 saturated carbocycles. The van der Waals surface area contributed by atoms with Crippen LogP contribution in [0.2, 0.25) is 0 Å². The zero-order chi connectivity index (χ0) is 29.0. The van der Waals surface area contributed by atoms with Crippen molar-refractivity contribution in [1.29, 1.82) is 0 Å². The zero-order valence-electron chi connectivity index (χ0n) is 22.6. The third-order valence-corrected chi connectivity index (χ3v) is 7.06. The highest BCUT2D eigenvalue weighted by molar-refractivity contribution is 5.95. The summed E-state index contributed by atoms with van der Waals surface area (Å²) in [5, 5.41) is 18.6. The Kier molecular flexibility index (Phi) is 9.36. The maximum absolute atomic E-state index is 13.2. The lowest BCUT2D eigenvalue weighted by molar-refractivity contribution is -0.192. The summed E-state index contributed by atoms with van der Waals surface area (Å²) < 4.78 is 33.7. The molecule has 4 rings (SSSR count). The normalized spacial score (nSPS) is 18.8. The minimum absolute atomic E-state index is 0.0773. The Morgan fingerprint density at radius 3 is 2.26 bits per heavy atom. The summed E-state index contributed by atoms with van der Waals surface area (Å²) >= 11 is 0. The van der Waals surface area contributed by atoms with Gasteiger partial charge in [-0.1, -0.05) is 17.2 Å². The van der Waals surface area contributed by atoms with Crippen LogP contribution in [0.3, 0.4) is 0 Å². The van der Waals surface area contributed by atoms with Crippen LogP contribution in [0.25, 0.3) is 0 Å². The molecule has 1 unspecified atom stereocenters. The lowest BCUT2D eigenvalue weighted by Crippen LogP contribution is -2.34. The van der Waals surface area contributed by atoms with E-state index in [0.29, 0.717) is 18.9 Å². The molecule has 1 saturated heterocycles. The number of likely N-dealkylation sites (tertiary alicyclic amines) is 1. The molecule has 3 heterocycles. The number of likely N-dealkylation sites (N-methyl/N-ethyl adjacent to an activating group) is 1. The van der Waals surface area contributed by atoms with Crippen LogP contribution in [0.1, 0.15) is 57.2 Å². The summed E-state index contributed by atoms with van der Waals surface area (Å²) in [6, 6.07) is 6.06. The third kappa shape index (κ3) is 7.78. The van der Waals surface area contributed by atoms with Crippen molar-refractivity contribution in [2.24, 2.45) is 5.41 Å². The van der Waals surface area contributed by atoms with Crippen LogP contribution in [-0.4, -0.2) is 93.9 Å². The number of carboxylic acids is 1. The first-order valence-electron chi connectivity index (χ1n) is 12.7. The summed E-state index contributed by atoms with van der Waals surface area (Å²) in [6.07, 6.45) is -1.42. The van der Waals surface area contributed by atoms with Crippen LogP contribution < -0.4 is 5.32 Å². The van der Waals surface area contributed by atoms with Gasteiger partial charge in [0.15, 0.2) is 0 Å². The Bertz CT molecular complexity index is 1190. The Balaban J connectivity index is 0.000000532. The quantitative estimate of drug-likeness (QED) is 0.585. The first kappa shape index (κ1) is 30.1. The predicted molar refractivity (Wildman–Crippen MR) is 136 cm³/mol. The number of aromatic nitrogens is 3. The molecule has 1 spiro atoms. The average molecular weight is 553 g/mol. The van der Waals surface area contributed by atoms with Gasteiger partial charge in [0.25, 0.3) is 11.8 Å². The number of hydrogen-bond donors (Lipinski definition) is 2. The van der Waals surface area contributed by atoms with E-state index in [1.807, 2.05) is 54.4 Å². The van der Waals surface area contributed by atoms with Gasteiger partial charge in [0, 0.05) is 44.7 Å². The monoisotopic (exact) mass is 552 g/mol. The number of halogens is 3. The van der Waals surface area contributed by atoms with Crippen molar-refractivity contribution in [2.45, 2.75) is 52.3 Å². The Morgan fingerprint density at radius 2 is 1.67 bits per heavy atom. The van der Waals surface area contributed by atoms with Crippen molar-refractivity contribution in [3.05, 3.63) is 46.5 Å². The smallest absolute Gasteiger partial charge is 0.475 e. The Labute approximate surface area is 225 Å². The van der Waals surface area contributed by atoms with Crippen LogP contribution in [0.5, 0.6) is 0 Å². The standard InChI is InChI=1S/C24H34N6O2.C2HF3O2/c1-17-13-18(2)15-19(14-17)23(32)29-10-7-24(16-29)6-5-20-26-27-21(30(20)11-8-24)22(31)25-9-12-28(3)4;3-2(4,5)1(6)7/h13-15H,5-12,16H2,1-4H3,(H,25,31);(H,6,7). The van der Waals surface area contributed by atoms with E-state index in [9.17, 15) is 22.8 Å². The number of fused-ring (bicyclic) bond motifs is 1. The molecule has 1 fully saturated rings. The van der Waals surface area contributed by atoms with Gasteiger partial charge in [-0.05, 0) is 64.8 Å². The number of nitrogens with zero attached hydrogens (tertiary/aromatic N) is 5. The molecule has 214 valence electrons. The van der Waals surface area contributed by atoms with Gasteiger partial charge in [0.2, 0.25) is 5.82 Å². The summed E-state index contributed by atoms with van der Waals surface area (Å²) in [7, 11) is 3.95. The maximum atomic E-state index is 13.2. The molecule has 39 heavy (non-hydrogen) atoms. The van der Waals surface area contributed by atoms with Crippen LogP contribution in [0, 0.1) is 19.3 Å². The SMILES string of the molecule is Cc1cc(C)cc(C(=O)N2CCC3(CCc4nnc(C(=O)NCCN(C)C)n4CC3)C2)c1.O=C(O)C(F)(F)F. The predicted octanol–water partition coefficient (Wildman–Crippen LogP) is 2.69. The number of rotatable bonds is 5. The van der Waals surface area contributed by atoms with Gasteiger partial charge >= 0.3 is 12.1 Å². The Morgan fingerprint density at radius 1 is 1.05 bits per heavy atom. The van der Waals surface area contributed by atoms with E-state index in [1.165, 1.54) is 0 Å². The molecule has 1 atom stereocenters. The summed E-state index contributed by atoms with van der Waals surface area (Å²) in [5.74, 6) is -1.53. The largest absolute Gasteiger partial charge is 0.490 e. The van der Waals surface area contributed by atoms with E-state index in [1.54, 1.807) is 0 Å². The number of alkyl halides is 3. The van der Waals surface area contributed by atoms with Gasteiger partial charge in [0.1, 0.15) is 5.82 Å². The van der Waals surface area contributed by atoms with Crippen LogP contribution in [-0.2, 0) is 17.8 Å². The average Bonchev–Trinajstić information content (AvgIpc) is 3.40. The van der Waals surface area contributed by atoms with E-state index >= 15 is 0 Å². The zero-order valence-corrected chi connectivity index (χ0v) is 22.6. The van der Waals surface area contributed by atoms with Gasteiger partial charge in [-0.2, -0.15) is 13.2 Å². The molecule has 13 heteroatoms. The number of carboxylic acid groups (broad SMARTS) is 1. The second kappa shape index (κ2) is 12.1. The van der Waals surface area contributed by atoms with E-state index in [-0.39, 0.29) is 17.2 Å². The van der Waals surface area contributed by atoms with Crippen molar-refractivity contribution in [3.63, 3.8) is 0 Å². The van der Waals surface area contributed by atoms with E-state index < -0.39 is 12.1 Å². The molecule has 1 aromatic heterocycles. The fraction of sp³-hybridized carbons (Fsp3) is 0.577. The minimum atomic E-state index is -5.08. The van der Waals surface area contributed by atoms with Crippen LogP contribution in [0.4, 0.5) is 13.2 Å². The number of carbonyl (C=O) groups excluding carboxylic acids is 2. The molecule has 0 aliphatic carbocycles.